The van der Waals surface area contributed by atoms with Gasteiger partial charge in [-0.25, -0.2) is 0 Å². The van der Waals surface area contributed by atoms with E-state index in [9.17, 15) is 0 Å². The Hall–Kier alpha value is -0.740. The second kappa shape index (κ2) is 6.35. The molecule has 1 fully saturated rings. The first kappa shape index (κ1) is 15.6. The van der Waals surface area contributed by atoms with Crippen LogP contribution in [-0.2, 0) is 0 Å². The Morgan fingerprint density at radius 2 is 2.25 bits per heavy atom. The maximum absolute atomic E-state index is 5.97. The fourth-order valence-corrected chi connectivity index (χ4v) is 4.10. The third-order valence-corrected chi connectivity index (χ3v) is 5.30. The van der Waals surface area contributed by atoms with Crippen LogP contribution in [-0.4, -0.2) is 16.8 Å². The van der Waals surface area contributed by atoms with Gasteiger partial charge in [-0.2, -0.15) is 0 Å². The molecule has 1 aliphatic carbocycles. The van der Waals surface area contributed by atoms with E-state index in [4.69, 9.17) is 18.0 Å². The maximum atomic E-state index is 5.97. The van der Waals surface area contributed by atoms with Gasteiger partial charge in [0, 0.05) is 22.2 Å². The highest BCUT2D eigenvalue weighted by molar-refractivity contribution is 7.99. The molecule has 0 aliphatic heterocycles. The van der Waals surface area contributed by atoms with Crippen molar-refractivity contribution >= 4 is 34.7 Å². The Kier molecular flexibility index (Phi) is 4.97. The van der Waals surface area contributed by atoms with Crippen molar-refractivity contribution in [3.63, 3.8) is 0 Å². The summed E-state index contributed by atoms with van der Waals surface area (Å²) in [4.78, 5) is 1.67. The van der Waals surface area contributed by atoms with Gasteiger partial charge in [0.25, 0.3) is 0 Å². The van der Waals surface area contributed by atoms with Crippen LogP contribution < -0.4 is 11.1 Å². The first-order valence-electron chi connectivity index (χ1n) is 7.28. The van der Waals surface area contributed by atoms with Crippen molar-refractivity contribution < 1.29 is 0 Å². The van der Waals surface area contributed by atoms with Crippen LogP contribution in [0.4, 0.5) is 5.69 Å². The highest BCUT2D eigenvalue weighted by atomic mass is 32.2. The quantitative estimate of drug-likeness (QED) is 0.623. The Bertz CT molecular complexity index is 497. The van der Waals surface area contributed by atoms with Gasteiger partial charge >= 0.3 is 0 Å². The Morgan fingerprint density at radius 3 is 2.80 bits per heavy atom. The number of nitrogens with one attached hydrogen (secondary N) is 1. The average Bonchev–Trinajstić information content (AvgIpc) is 2.69. The predicted octanol–water partition coefficient (Wildman–Crippen LogP) is 4.42. The monoisotopic (exact) mass is 308 g/mol. The number of hydrogen-bond acceptors (Lipinski definition) is 3. The number of benzene rings is 1. The standard InChI is InChI=1S/C16H24N2S2/c1-4-20-12-8-5-7-11(14(12)15(17)19)18-13-9-6-10-16(13,2)3/h5,7-8,13,18H,4,6,9-10H2,1-3H3,(H2,17,19). The molecule has 2 nitrogen and oxygen atoms in total. The zero-order valence-corrected chi connectivity index (χ0v) is 14.2. The molecule has 2 rings (SSSR count). The van der Waals surface area contributed by atoms with E-state index >= 15 is 0 Å². The smallest absolute Gasteiger partial charge is 0.107 e. The second-order valence-electron chi connectivity index (χ2n) is 6.05. The minimum absolute atomic E-state index is 0.335. The molecule has 0 bridgehead atoms. The van der Waals surface area contributed by atoms with E-state index in [-0.39, 0.29) is 0 Å². The van der Waals surface area contributed by atoms with Crippen LogP contribution in [0, 0.1) is 5.41 Å². The molecule has 0 aromatic heterocycles. The number of anilines is 1. The van der Waals surface area contributed by atoms with Crippen molar-refractivity contribution in [2.24, 2.45) is 11.1 Å². The summed E-state index contributed by atoms with van der Waals surface area (Å²) in [7, 11) is 0. The minimum Gasteiger partial charge on any atom is -0.389 e. The SMILES string of the molecule is CCSc1cccc(NC2CCCC2(C)C)c1C(N)=S. The van der Waals surface area contributed by atoms with E-state index in [1.807, 2.05) is 0 Å². The number of nitrogens with two attached hydrogens (primary N) is 1. The largest absolute Gasteiger partial charge is 0.389 e. The van der Waals surface area contributed by atoms with Crippen molar-refractivity contribution in [1.29, 1.82) is 0 Å². The fraction of sp³-hybridized carbons (Fsp3) is 0.562. The van der Waals surface area contributed by atoms with Crippen LogP contribution in [0.15, 0.2) is 23.1 Å². The molecule has 3 N–H and O–H groups in total. The Labute approximate surface area is 131 Å². The molecule has 0 spiro atoms. The molecule has 1 saturated carbocycles. The van der Waals surface area contributed by atoms with Gasteiger partial charge < -0.3 is 11.1 Å². The molecular weight excluding hydrogens is 284 g/mol. The van der Waals surface area contributed by atoms with Crippen LogP contribution in [0.1, 0.15) is 45.6 Å². The van der Waals surface area contributed by atoms with Crippen molar-refractivity contribution in [2.45, 2.75) is 51.0 Å². The Balaban J connectivity index is 2.31. The van der Waals surface area contributed by atoms with E-state index in [0.29, 0.717) is 16.4 Å². The lowest BCUT2D eigenvalue weighted by Crippen LogP contribution is -2.31. The molecule has 4 heteroatoms. The molecule has 1 aromatic rings. The third-order valence-electron chi connectivity index (χ3n) is 4.16. The maximum Gasteiger partial charge on any atom is 0.107 e. The summed E-state index contributed by atoms with van der Waals surface area (Å²) in [5.74, 6) is 1.02. The van der Waals surface area contributed by atoms with Crippen LogP contribution in [0.2, 0.25) is 0 Å². The highest BCUT2D eigenvalue weighted by Gasteiger charge is 2.34. The molecule has 0 saturated heterocycles. The molecule has 0 radical (unpaired) electrons. The van der Waals surface area contributed by atoms with Gasteiger partial charge in [-0.05, 0) is 36.1 Å². The summed E-state index contributed by atoms with van der Waals surface area (Å²) in [5, 5.41) is 3.70. The van der Waals surface area contributed by atoms with Crippen molar-refractivity contribution in [3.05, 3.63) is 23.8 Å². The third kappa shape index (κ3) is 3.29. The molecule has 1 unspecified atom stereocenters. The lowest BCUT2D eigenvalue weighted by Gasteiger charge is -2.30. The fourth-order valence-electron chi connectivity index (χ4n) is 2.96. The summed E-state index contributed by atoms with van der Waals surface area (Å²) in [6.07, 6.45) is 3.78. The van der Waals surface area contributed by atoms with E-state index in [2.05, 4.69) is 44.3 Å². The van der Waals surface area contributed by atoms with E-state index in [0.717, 1.165) is 17.0 Å². The highest BCUT2D eigenvalue weighted by Crippen LogP contribution is 2.40. The number of thiocarbonyl (C=S) groups is 1. The lowest BCUT2D eigenvalue weighted by molar-refractivity contribution is 0.350. The first-order chi connectivity index (χ1) is 9.45. The molecule has 1 atom stereocenters. The first-order valence-corrected chi connectivity index (χ1v) is 8.67. The van der Waals surface area contributed by atoms with Crippen molar-refractivity contribution in [2.75, 3.05) is 11.1 Å². The normalized spacial score (nSPS) is 20.9. The lowest BCUT2D eigenvalue weighted by atomic mass is 9.87. The van der Waals surface area contributed by atoms with Gasteiger partial charge in [-0.1, -0.05) is 45.5 Å². The number of rotatable bonds is 5. The van der Waals surface area contributed by atoms with Crippen molar-refractivity contribution in [1.82, 2.24) is 0 Å². The minimum atomic E-state index is 0.335. The van der Waals surface area contributed by atoms with Crippen LogP contribution >= 0.6 is 24.0 Å². The van der Waals surface area contributed by atoms with Gasteiger partial charge in [-0.15, -0.1) is 11.8 Å². The molecule has 20 heavy (non-hydrogen) atoms. The number of thioether (sulfide) groups is 1. The molecule has 0 heterocycles. The van der Waals surface area contributed by atoms with Crippen LogP contribution in [0.5, 0.6) is 0 Å². The van der Waals surface area contributed by atoms with E-state index in [1.165, 1.54) is 24.2 Å². The molecule has 110 valence electrons. The number of hydrogen-bond donors (Lipinski definition) is 2. The molecular formula is C16H24N2S2. The molecule has 1 aromatic carbocycles. The van der Waals surface area contributed by atoms with Gasteiger partial charge in [0.1, 0.15) is 4.99 Å². The molecule has 1 aliphatic rings. The molecule has 0 amide bonds. The van der Waals surface area contributed by atoms with Gasteiger partial charge in [0.2, 0.25) is 0 Å². The van der Waals surface area contributed by atoms with Crippen molar-refractivity contribution in [3.8, 4) is 0 Å². The second-order valence-corrected chi connectivity index (χ2v) is 7.80. The van der Waals surface area contributed by atoms with Gasteiger partial charge in [-0.3, -0.25) is 0 Å². The van der Waals surface area contributed by atoms with E-state index < -0.39 is 0 Å². The zero-order chi connectivity index (χ0) is 14.8. The van der Waals surface area contributed by atoms with Gasteiger partial charge in [0.15, 0.2) is 0 Å². The summed E-state index contributed by atoms with van der Waals surface area (Å²) in [5.41, 5.74) is 8.40. The summed E-state index contributed by atoms with van der Waals surface area (Å²) >= 11 is 7.07. The van der Waals surface area contributed by atoms with Crippen LogP contribution in [0.25, 0.3) is 0 Å². The van der Waals surface area contributed by atoms with Gasteiger partial charge in [0.05, 0.1) is 0 Å². The topological polar surface area (TPSA) is 38.0 Å². The predicted molar refractivity (Wildman–Crippen MR) is 93.8 cm³/mol. The van der Waals surface area contributed by atoms with Crippen LogP contribution in [0.3, 0.4) is 0 Å². The summed E-state index contributed by atoms with van der Waals surface area (Å²) in [6.45, 7) is 6.82. The van der Waals surface area contributed by atoms with E-state index in [1.54, 1.807) is 11.8 Å². The average molecular weight is 309 g/mol. The Morgan fingerprint density at radius 1 is 1.50 bits per heavy atom. The summed E-state index contributed by atoms with van der Waals surface area (Å²) < 4.78 is 0. The zero-order valence-electron chi connectivity index (χ0n) is 12.5. The summed E-state index contributed by atoms with van der Waals surface area (Å²) in [6, 6.07) is 6.79.